The van der Waals surface area contributed by atoms with Crippen LogP contribution in [0.3, 0.4) is 0 Å². The highest BCUT2D eigenvalue weighted by Gasteiger charge is 2.80. The molecule has 9 unspecified atom stereocenters. The predicted molar refractivity (Wildman–Crippen MR) is 78.4 cm³/mol. The van der Waals surface area contributed by atoms with E-state index in [-0.39, 0.29) is 29.1 Å². The summed E-state index contributed by atoms with van der Waals surface area (Å²) < 4.78 is 0. The second-order valence-corrected chi connectivity index (χ2v) is 8.93. The molecular formula is C18H28O3. The van der Waals surface area contributed by atoms with E-state index in [1.807, 2.05) is 0 Å². The maximum Gasteiger partial charge on any atom is 0.0629 e. The Balaban J connectivity index is 1.54. The van der Waals surface area contributed by atoms with E-state index in [0.29, 0.717) is 24.2 Å². The van der Waals surface area contributed by atoms with Crippen molar-refractivity contribution in [1.29, 1.82) is 0 Å². The van der Waals surface area contributed by atoms with Gasteiger partial charge in [-0.3, -0.25) is 0 Å². The minimum Gasteiger partial charge on any atom is -0.393 e. The highest BCUT2D eigenvalue weighted by atomic mass is 16.3. The molecule has 5 fully saturated rings. The summed E-state index contributed by atoms with van der Waals surface area (Å²) in [7, 11) is 0. The lowest BCUT2D eigenvalue weighted by atomic mass is 9.52. The monoisotopic (exact) mass is 292 g/mol. The highest BCUT2D eigenvalue weighted by molar-refractivity contribution is 5.28. The van der Waals surface area contributed by atoms with Crippen molar-refractivity contribution in [3.63, 3.8) is 0 Å². The molecule has 5 saturated carbocycles. The normalized spacial score (nSPS) is 65.0. The first-order chi connectivity index (χ1) is 10.1. The molecule has 5 rings (SSSR count). The summed E-state index contributed by atoms with van der Waals surface area (Å²) in [6.07, 6.45) is 9.01. The van der Waals surface area contributed by atoms with Gasteiger partial charge in [0, 0.05) is 5.41 Å². The maximum absolute atomic E-state index is 10.8. The van der Waals surface area contributed by atoms with Gasteiger partial charge in [0.05, 0.1) is 18.3 Å². The Kier molecular flexibility index (Phi) is 2.56. The SMILES string of the molecule is OC1CC(O)C23CC24CC(O)C2CCCC2C4CCC3C1. The minimum atomic E-state index is -0.334. The Hall–Kier alpha value is -0.120. The Morgan fingerprint density at radius 2 is 1.67 bits per heavy atom. The third-order valence-corrected chi connectivity index (χ3v) is 8.53. The van der Waals surface area contributed by atoms with Crippen molar-refractivity contribution in [3.8, 4) is 0 Å². The Labute approximate surface area is 126 Å². The first kappa shape index (κ1) is 13.3. The molecule has 5 aliphatic rings. The molecule has 118 valence electrons. The van der Waals surface area contributed by atoms with Crippen molar-refractivity contribution < 1.29 is 15.3 Å². The van der Waals surface area contributed by atoms with Gasteiger partial charge in [-0.2, -0.15) is 0 Å². The first-order valence-electron chi connectivity index (χ1n) is 9.13. The molecule has 0 aromatic rings. The van der Waals surface area contributed by atoms with Gasteiger partial charge in [0.25, 0.3) is 0 Å². The number of fused-ring (bicyclic) bond motifs is 2. The van der Waals surface area contributed by atoms with Gasteiger partial charge in [0.15, 0.2) is 0 Å². The molecule has 0 radical (unpaired) electrons. The minimum absolute atomic E-state index is 0.0592. The average molecular weight is 292 g/mol. The van der Waals surface area contributed by atoms with E-state index in [1.54, 1.807) is 0 Å². The van der Waals surface area contributed by atoms with Crippen molar-refractivity contribution in [3.05, 3.63) is 0 Å². The fourth-order valence-corrected chi connectivity index (χ4v) is 7.92. The number of rotatable bonds is 0. The van der Waals surface area contributed by atoms with Crippen LogP contribution < -0.4 is 0 Å². The zero-order valence-electron chi connectivity index (χ0n) is 12.7. The molecule has 3 heteroatoms. The summed E-state index contributed by atoms with van der Waals surface area (Å²) in [4.78, 5) is 0. The molecule has 3 N–H and O–H groups in total. The van der Waals surface area contributed by atoms with Crippen LogP contribution >= 0.6 is 0 Å². The van der Waals surface area contributed by atoms with Gasteiger partial charge in [0.2, 0.25) is 0 Å². The summed E-state index contributed by atoms with van der Waals surface area (Å²) in [6.45, 7) is 0. The zero-order valence-corrected chi connectivity index (χ0v) is 12.7. The van der Waals surface area contributed by atoms with E-state index < -0.39 is 0 Å². The maximum atomic E-state index is 10.8. The van der Waals surface area contributed by atoms with E-state index in [0.717, 1.165) is 25.2 Å². The Morgan fingerprint density at radius 3 is 2.52 bits per heavy atom. The largest absolute Gasteiger partial charge is 0.393 e. The third-order valence-electron chi connectivity index (χ3n) is 8.53. The molecule has 0 heterocycles. The lowest BCUT2D eigenvalue weighted by Crippen LogP contribution is -2.53. The second kappa shape index (κ2) is 4.04. The topological polar surface area (TPSA) is 60.7 Å². The molecule has 2 spiro atoms. The molecule has 9 atom stereocenters. The third kappa shape index (κ3) is 1.42. The van der Waals surface area contributed by atoms with Gasteiger partial charge in [0.1, 0.15) is 0 Å². The van der Waals surface area contributed by atoms with Gasteiger partial charge in [-0.25, -0.2) is 0 Å². The molecule has 0 bridgehead atoms. The molecule has 0 saturated heterocycles. The highest BCUT2D eigenvalue weighted by Crippen LogP contribution is 2.83. The Bertz CT molecular complexity index is 465. The summed E-state index contributed by atoms with van der Waals surface area (Å²) in [6, 6.07) is 0. The van der Waals surface area contributed by atoms with Crippen LogP contribution in [0, 0.1) is 34.5 Å². The number of aliphatic hydroxyl groups is 3. The molecule has 0 aliphatic heterocycles. The van der Waals surface area contributed by atoms with Crippen molar-refractivity contribution >= 4 is 0 Å². The summed E-state index contributed by atoms with van der Waals surface area (Å²) >= 11 is 0. The average Bonchev–Trinajstić information content (AvgIpc) is 2.86. The van der Waals surface area contributed by atoms with E-state index >= 15 is 0 Å². The first-order valence-corrected chi connectivity index (χ1v) is 9.13. The lowest BCUT2D eigenvalue weighted by Gasteiger charge is -2.54. The molecule has 0 amide bonds. The molecular weight excluding hydrogens is 264 g/mol. The van der Waals surface area contributed by atoms with E-state index in [1.165, 1.54) is 32.1 Å². The van der Waals surface area contributed by atoms with Gasteiger partial charge in [-0.15, -0.1) is 0 Å². The number of aliphatic hydroxyl groups excluding tert-OH is 3. The van der Waals surface area contributed by atoms with Crippen LogP contribution in [-0.2, 0) is 0 Å². The Morgan fingerprint density at radius 1 is 0.857 bits per heavy atom. The standard InChI is InChI=1S/C18H28O3/c19-11-6-10-4-5-14-12-2-1-3-13(12)15(20)8-17(14)9-18(10,17)16(21)7-11/h10-16,19-21H,1-9H2. The smallest absolute Gasteiger partial charge is 0.0629 e. The van der Waals surface area contributed by atoms with Crippen molar-refractivity contribution in [2.75, 3.05) is 0 Å². The van der Waals surface area contributed by atoms with Crippen molar-refractivity contribution in [2.24, 2.45) is 34.5 Å². The van der Waals surface area contributed by atoms with E-state index in [2.05, 4.69) is 0 Å². The van der Waals surface area contributed by atoms with Crippen LogP contribution in [0.1, 0.15) is 57.8 Å². The summed E-state index contributed by atoms with van der Waals surface area (Å²) in [5, 5.41) is 31.5. The van der Waals surface area contributed by atoms with Gasteiger partial charge >= 0.3 is 0 Å². The lowest BCUT2D eigenvalue weighted by molar-refractivity contribution is -0.132. The van der Waals surface area contributed by atoms with Gasteiger partial charge in [-0.1, -0.05) is 6.42 Å². The fourth-order valence-electron chi connectivity index (χ4n) is 7.92. The van der Waals surface area contributed by atoms with Crippen LogP contribution in [0.25, 0.3) is 0 Å². The summed E-state index contributed by atoms with van der Waals surface area (Å²) in [5.74, 6) is 2.50. The molecule has 3 nitrogen and oxygen atoms in total. The number of hydrogen-bond acceptors (Lipinski definition) is 3. The quantitative estimate of drug-likeness (QED) is 0.640. The van der Waals surface area contributed by atoms with Crippen molar-refractivity contribution in [1.82, 2.24) is 0 Å². The molecule has 0 aromatic carbocycles. The van der Waals surface area contributed by atoms with Gasteiger partial charge < -0.3 is 15.3 Å². The van der Waals surface area contributed by atoms with Crippen LogP contribution in [0.15, 0.2) is 0 Å². The van der Waals surface area contributed by atoms with E-state index in [4.69, 9.17) is 0 Å². The zero-order chi connectivity index (χ0) is 14.4. The van der Waals surface area contributed by atoms with Crippen LogP contribution in [0.5, 0.6) is 0 Å². The summed E-state index contributed by atoms with van der Waals surface area (Å²) in [5.41, 5.74) is 0.282. The van der Waals surface area contributed by atoms with Crippen LogP contribution in [0.4, 0.5) is 0 Å². The molecule has 0 aromatic heterocycles. The van der Waals surface area contributed by atoms with Crippen LogP contribution in [-0.4, -0.2) is 33.6 Å². The second-order valence-electron chi connectivity index (χ2n) is 8.93. The van der Waals surface area contributed by atoms with Crippen LogP contribution in [0.2, 0.25) is 0 Å². The predicted octanol–water partition coefficient (Wildman–Crippen LogP) is 2.09. The van der Waals surface area contributed by atoms with Gasteiger partial charge in [-0.05, 0) is 80.5 Å². The van der Waals surface area contributed by atoms with Crippen molar-refractivity contribution in [2.45, 2.75) is 76.1 Å². The van der Waals surface area contributed by atoms with E-state index in [9.17, 15) is 15.3 Å². The number of hydrogen-bond donors (Lipinski definition) is 3. The molecule has 5 aliphatic carbocycles. The fraction of sp³-hybridized carbons (Fsp3) is 1.00. The molecule has 21 heavy (non-hydrogen) atoms.